The monoisotopic (exact) mass is 219 g/mol. The largest absolute Gasteiger partial charge is 0.212 e. The van der Waals surface area contributed by atoms with Crippen LogP contribution in [0.5, 0.6) is 0 Å². The van der Waals surface area contributed by atoms with Crippen molar-refractivity contribution < 1.29 is 8.42 Å². The smallest absolute Gasteiger partial charge is 0.212 e. The Morgan fingerprint density at radius 3 is 2.36 bits per heavy atom. The summed E-state index contributed by atoms with van der Waals surface area (Å²) < 4.78 is 26.0. The first-order chi connectivity index (χ1) is 6.44. The molecule has 3 nitrogen and oxygen atoms in total. The van der Waals surface area contributed by atoms with Gasteiger partial charge in [-0.3, -0.25) is 0 Å². The maximum Gasteiger partial charge on any atom is 0.212 e. The minimum Gasteiger partial charge on any atom is -0.212 e. The molecule has 0 aromatic carbocycles. The maximum atomic E-state index is 11.6. The summed E-state index contributed by atoms with van der Waals surface area (Å²) in [5.74, 6) is 1.10. The van der Waals surface area contributed by atoms with Gasteiger partial charge in [-0.15, -0.1) is 0 Å². The van der Waals surface area contributed by atoms with Crippen LogP contribution in [0.4, 0.5) is 0 Å². The highest BCUT2D eigenvalue weighted by atomic mass is 32.2. The van der Waals surface area contributed by atoms with E-state index in [2.05, 4.69) is 4.72 Å². The molecule has 1 aliphatic carbocycles. The summed E-state index contributed by atoms with van der Waals surface area (Å²) in [7, 11) is -3.05. The number of hydrogen-bond acceptors (Lipinski definition) is 2. The highest BCUT2D eigenvalue weighted by molar-refractivity contribution is 7.89. The van der Waals surface area contributed by atoms with Crippen LogP contribution in [0.2, 0.25) is 0 Å². The number of hydrogen-bond donors (Lipinski definition) is 1. The van der Waals surface area contributed by atoms with E-state index in [1.54, 1.807) is 0 Å². The van der Waals surface area contributed by atoms with Crippen molar-refractivity contribution >= 4 is 10.0 Å². The zero-order valence-corrected chi connectivity index (χ0v) is 10.1. The van der Waals surface area contributed by atoms with Crippen molar-refractivity contribution in [1.29, 1.82) is 0 Å². The van der Waals surface area contributed by atoms with Gasteiger partial charge in [0.05, 0.1) is 5.75 Å². The Morgan fingerprint density at radius 1 is 1.36 bits per heavy atom. The van der Waals surface area contributed by atoms with Crippen molar-refractivity contribution in [3.8, 4) is 0 Å². The lowest BCUT2D eigenvalue weighted by atomic mass is 10.2. The van der Waals surface area contributed by atoms with Crippen LogP contribution in [0.1, 0.15) is 40.0 Å². The third kappa shape index (κ3) is 3.96. The average molecular weight is 219 g/mol. The van der Waals surface area contributed by atoms with Crippen molar-refractivity contribution in [2.75, 3.05) is 5.75 Å². The first-order valence-corrected chi connectivity index (χ1v) is 7.10. The Kier molecular flexibility index (Phi) is 3.95. The van der Waals surface area contributed by atoms with Crippen LogP contribution < -0.4 is 4.72 Å². The summed E-state index contributed by atoms with van der Waals surface area (Å²) in [5.41, 5.74) is 0. The van der Waals surface area contributed by atoms with Crippen molar-refractivity contribution in [2.24, 2.45) is 11.8 Å². The molecule has 0 unspecified atom stereocenters. The van der Waals surface area contributed by atoms with Gasteiger partial charge in [-0.25, -0.2) is 13.1 Å². The van der Waals surface area contributed by atoms with E-state index in [9.17, 15) is 8.42 Å². The number of sulfonamides is 1. The fourth-order valence-electron chi connectivity index (χ4n) is 1.52. The molecule has 84 valence electrons. The maximum absolute atomic E-state index is 11.6. The third-order valence-corrected chi connectivity index (χ3v) is 4.63. The van der Waals surface area contributed by atoms with Gasteiger partial charge >= 0.3 is 0 Å². The lowest BCUT2D eigenvalue weighted by Crippen LogP contribution is -2.37. The van der Waals surface area contributed by atoms with Crippen LogP contribution in [0.3, 0.4) is 0 Å². The van der Waals surface area contributed by atoms with E-state index in [0.717, 1.165) is 6.42 Å². The molecule has 0 saturated heterocycles. The molecule has 0 spiro atoms. The summed E-state index contributed by atoms with van der Waals surface area (Å²) in [5, 5.41) is 0. The molecule has 0 aromatic rings. The minimum absolute atomic E-state index is 0.129. The van der Waals surface area contributed by atoms with Crippen molar-refractivity contribution in [3.63, 3.8) is 0 Å². The van der Waals surface area contributed by atoms with Gasteiger partial charge in [0, 0.05) is 6.04 Å². The van der Waals surface area contributed by atoms with E-state index in [0.29, 0.717) is 5.92 Å². The molecule has 0 bridgehead atoms. The van der Waals surface area contributed by atoms with Gasteiger partial charge in [-0.05, 0) is 31.6 Å². The first kappa shape index (κ1) is 12.0. The molecule has 0 heterocycles. The van der Waals surface area contributed by atoms with Gasteiger partial charge in [-0.1, -0.05) is 20.3 Å². The second kappa shape index (κ2) is 4.62. The van der Waals surface area contributed by atoms with Crippen molar-refractivity contribution in [3.05, 3.63) is 0 Å². The summed E-state index contributed by atoms with van der Waals surface area (Å²) in [4.78, 5) is 0. The van der Waals surface area contributed by atoms with Crippen molar-refractivity contribution in [2.45, 2.75) is 46.1 Å². The minimum atomic E-state index is -3.05. The predicted octanol–water partition coefficient (Wildman–Crippen LogP) is 1.75. The molecule has 0 amide bonds. The Hall–Kier alpha value is -0.0900. The summed E-state index contributed by atoms with van der Waals surface area (Å²) >= 11 is 0. The van der Waals surface area contributed by atoms with E-state index < -0.39 is 10.0 Å². The van der Waals surface area contributed by atoms with Gasteiger partial charge in [0.15, 0.2) is 0 Å². The quantitative estimate of drug-likeness (QED) is 0.740. The highest BCUT2D eigenvalue weighted by Crippen LogP contribution is 2.32. The molecule has 4 heteroatoms. The number of nitrogens with one attached hydrogen (secondary N) is 1. The van der Waals surface area contributed by atoms with E-state index in [1.807, 2.05) is 20.8 Å². The van der Waals surface area contributed by atoms with Crippen LogP contribution in [0.15, 0.2) is 0 Å². The van der Waals surface area contributed by atoms with Crippen LogP contribution in [-0.4, -0.2) is 20.2 Å². The van der Waals surface area contributed by atoms with Crippen LogP contribution in [0.25, 0.3) is 0 Å². The molecule has 1 aliphatic rings. The normalized spacial score (nSPS) is 21.9. The SMILES string of the molecule is CC[C@@H](C)CS(=O)(=O)N[C@@H](C)C1CC1. The lowest BCUT2D eigenvalue weighted by Gasteiger charge is -2.15. The molecular weight excluding hydrogens is 198 g/mol. The van der Waals surface area contributed by atoms with Gasteiger partial charge in [-0.2, -0.15) is 0 Å². The molecule has 0 aliphatic heterocycles. The van der Waals surface area contributed by atoms with E-state index in [4.69, 9.17) is 0 Å². The number of rotatable bonds is 6. The van der Waals surface area contributed by atoms with Gasteiger partial charge in [0.25, 0.3) is 0 Å². The lowest BCUT2D eigenvalue weighted by molar-refractivity contribution is 0.521. The predicted molar refractivity (Wildman–Crippen MR) is 58.6 cm³/mol. The second-order valence-corrected chi connectivity index (χ2v) is 6.34. The Balaban J connectivity index is 2.40. The first-order valence-electron chi connectivity index (χ1n) is 5.44. The van der Waals surface area contributed by atoms with Crippen LogP contribution in [0, 0.1) is 11.8 Å². The van der Waals surface area contributed by atoms with E-state index >= 15 is 0 Å². The molecule has 0 radical (unpaired) electrons. The standard InChI is InChI=1S/C10H21NO2S/c1-4-8(2)7-14(12,13)11-9(3)10-5-6-10/h8-11H,4-7H2,1-3H3/t8-,9+/m1/s1. The Labute approximate surface area is 87.3 Å². The summed E-state index contributed by atoms with van der Waals surface area (Å²) in [6, 6.07) is 0.129. The van der Waals surface area contributed by atoms with Gasteiger partial charge < -0.3 is 0 Å². The zero-order valence-electron chi connectivity index (χ0n) is 9.29. The van der Waals surface area contributed by atoms with Gasteiger partial charge in [0.2, 0.25) is 10.0 Å². The molecular formula is C10H21NO2S. The van der Waals surface area contributed by atoms with E-state index in [1.165, 1.54) is 12.8 Å². The molecule has 1 fully saturated rings. The average Bonchev–Trinajstić information content (AvgIpc) is 2.84. The second-order valence-electron chi connectivity index (χ2n) is 4.54. The summed E-state index contributed by atoms with van der Waals surface area (Å²) in [6.07, 6.45) is 3.26. The molecule has 1 rings (SSSR count). The van der Waals surface area contributed by atoms with E-state index in [-0.39, 0.29) is 17.7 Å². The Morgan fingerprint density at radius 2 is 1.93 bits per heavy atom. The summed E-state index contributed by atoms with van der Waals surface area (Å²) in [6.45, 7) is 5.96. The van der Waals surface area contributed by atoms with Crippen LogP contribution >= 0.6 is 0 Å². The fraction of sp³-hybridized carbons (Fsp3) is 1.00. The molecule has 1 N–H and O–H groups in total. The Bertz CT molecular complexity index is 270. The molecule has 1 saturated carbocycles. The van der Waals surface area contributed by atoms with Gasteiger partial charge in [0.1, 0.15) is 0 Å². The third-order valence-electron chi connectivity index (χ3n) is 2.90. The topological polar surface area (TPSA) is 46.2 Å². The van der Waals surface area contributed by atoms with Crippen LogP contribution in [-0.2, 0) is 10.0 Å². The zero-order chi connectivity index (χ0) is 10.8. The molecule has 14 heavy (non-hydrogen) atoms. The fourth-order valence-corrected chi connectivity index (χ4v) is 3.36. The highest BCUT2D eigenvalue weighted by Gasteiger charge is 2.30. The molecule has 2 atom stereocenters. The van der Waals surface area contributed by atoms with Crippen molar-refractivity contribution in [1.82, 2.24) is 4.72 Å². The molecule has 0 aromatic heterocycles.